The Balaban J connectivity index is 0. The summed E-state index contributed by atoms with van der Waals surface area (Å²) in [5.74, 6) is 0.663. The topological polar surface area (TPSA) is 50.9 Å². The first-order valence-corrected chi connectivity index (χ1v) is 9.13. The Kier molecular flexibility index (Phi) is 19.2. The van der Waals surface area contributed by atoms with Crippen molar-refractivity contribution in [2.24, 2.45) is 5.73 Å². The highest BCUT2D eigenvalue weighted by Crippen LogP contribution is 2.31. The maximum Gasteiger partial charge on any atom is 0.0303 e. The van der Waals surface area contributed by atoms with E-state index in [1.54, 1.807) is 0 Å². The number of rotatable bonds is 3. The van der Waals surface area contributed by atoms with Crippen LogP contribution >= 0.6 is 0 Å². The summed E-state index contributed by atoms with van der Waals surface area (Å²) in [6.45, 7) is 11.3. The highest BCUT2D eigenvalue weighted by molar-refractivity contribution is 5.17. The molecule has 1 aliphatic rings. The van der Waals surface area contributed by atoms with Crippen molar-refractivity contribution in [1.29, 1.82) is 0 Å². The molecular formula is C19H39N3. The fourth-order valence-corrected chi connectivity index (χ4v) is 2.81. The molecule has 0 radical (unpaired) electrons. The largest absolute Gasteiger partial charge is 0.333 e. The Hall–Kier alpha value is -0.930. The summed E-state index contributed by atoms with van der Waals surface area (Å²) in [4.78, 5) is 4.26. The molecule has 3 nitrogen and oxygen atoms in total. The van der Waals surface area contributed by atoms with E-state index in [-0.39, 0.29) is 0 Å². The van der Waals surface area contributed by atoms with E-state index in [1.165, 1.54) is 44.7 Å². The molecule has 1 saturated carbocycles. The van der Waals surface area contributed by atoms with Crippen LogP contribution < -0.4 is 11.1 Å². The second kappa shape index (κ2) is 18.1. The minimum Gasteiger partial charge on any atom is -0.333 e. The molecule has 1 aliphatic carbocycles. The predicted molar refractivity (Wildman–Crippen MR) is 100 cm³/mol. The normalized spacial score (nSPS) is 20.0. The van der Waals surface area contributed by atoms with Crippen LogP contribution in [0.2, 0.25) is 0 Å². The molecule has 3 heteroatoms. The molecule has 0 aliphatic heterocycles. The van der Waals surface area contributed by atoms with Gasteiger partial charge in [0.05, 0.1) is 0 Å². The quantitative estimate of drug-likeness (QED) is 0.793. The van der Waals surface area contributed by atoms with Gasteiger partial charge >= 0.3 is 0 Å². The summed E-state index contributed by atoms with van der Waals surface area (Å²) in [5, 5.41) is 3.65. The van der Waals surface area contributed by atoms with Crippen LogP contribution in [0.5, 0.6) is 0 Å². The molecular weight excluding hydrogens is 270 g/mol. The molecule has 22 heavy (non-hydrogen) atoms. The van der Waals surface area contributed by atoms with Gasteiger partial charge in [-0.25, -0.2) is 0 Å². The number of nitrogens with zero attached hydrogens (tertiary/aromatic N) is 1. The molecule has 1 heterocycles. The Morgan fingerprint density at radius 2 is 1.73 bits per heavy atom. The van der Waals surface area contributed by atoms with Gasteiger partial charge in [-0.3, -0.25) is 4.98 Å². The second-order valence-electron chi connectivity index (χ2n) is 4.70. The number of hydrogen-bond acceptors (Lipinski definition) is 3. The maximum atomic E-state index is 4.50. The Morgan fingerprint density at radius 3 is 2.27 bits per heavy atom. The first-order valence-electron chi connectivity index (χ1n) is 9.13. The van der Waals surface area contributed by atoms with Crippen molar-refractivity contribution >= 4 is 0 Å². The van der Waals surface area contributed by atoms with E-state index in [0.717, 1.165) is 6.54 Å². The van der Waals surface area contributed by atoms with Gasteiger partial charge in [0.15, 0.2) is 0 Å². The maximum absolute atomic E-state index is 4.50. The lowest BCUT2D eigenvalue weighted by Gasteiger charge is -2.26. The van der Waals surface area contributed by atoms with Crippen LogP contribution in [-0.4, -0.2) is 24.6 Å². The van der Waals surface area contributed by atoms with E-state index in [2.05, 4.69) is 35.1 Å². The number of hydrogen-bond donors (Lipinski definition) is 2. The van der Waals surface area contributed by atoms with Crippen LogP contribution in [0.15, 0.2) is 24.5 Å². The van der Waals surface area contributed by atoms with E-state index < -0.39 is 0 Å². The highest BCUT2D eigenvalue weighted by atomic mass is 14.9. The van der Waals surface area contributed by atoms with Gasteiger partial charge in [-0.2, -0.15) is 0 Å². The van der Waals surface area contributed by atoms with Gasteiger partial charge in [0, 0.05) is 24.4 Å². The van der Waals surface area contributed by atoms with Gasteiger partial charge in [0.1, 0.15) is 0 Å². The third kappa shape index (κ3) is 9.16. The molecule has 3 N–H and O–H groups in total. The summed E-state index contributed by atoms with van der Waals surface area (Å²) < 4.78 is 0. The third-order valence-corrected chi connectivity index (χ3v) is 3.59. The van der Waals surface area contributed by atoms with Crippen molar-refractivity contribution in [1.82, 2.24) is 10.3 Å². The fraction of sp³-hybridized carbons (Fsp3) is 0.737. The zero-order chi connectivity index (χ0) is 17.2. The molecule has 0 spiro atoms. The summed E-state index contributed by atoms with van der Waals surface area (Å²) in [6, 6.07) is 4.94. The van der Waals surface area contributed by atoms with E-state index in [4.69, 9.17) is 0 Å². The number of pyridine rings is 1. The zero-order valence-corrected chi connectivity index (χ0v) is 15.7. The van der Waals surface area contributed by atoms with E-state index >= 15 is 0 Å². The molecule has 2 unspecified atom stereocenters. The van der Waals surface area contributed by atoms with Crippen molar-refractivity contribution < 1.29 is 0 Å². The molecule has 130 valence electrons. The van der Waals surface area contributed by atoms with Crippen LogP contribution in [0.4, 0.5) is 0 Å². The van der Waals surface area contributed by atoms with Crippen molar-refractivity contribution in [3.05, 3.63) is 30.1 Å². The Labute approximate surface area is 139 Å². The molecule has 1 aromatic rings. The van der Waals surface area contributed by atoms with Gasteiger partial charge in [-0.1, -0.05) is 59.9 Å². The monoisotopic (exact) mass is 309 g/mol. The first-order chi connectivity index (χ1) is 10.9. The number of aromatic nitrogens is 1. The van der Waals surface area contributed by atoms with Crippen molar-refractivity contribution in [3.63, 3.8) is 0 Å². The zero-order valence-electron chi connectivity index (χ0n) is 15.7. The molecule has 0 bridgehead atoms. The summed E-state index contributed by atoms with van der Waals surface area (Å²) in [7, 11) is 1.50. The van der Waals surface area contributed by atoms with Gasteiger partial charge < -0.3 is 11.1 Å². The van der Waals surface area contributed by atoms with E-state index in [9.17, 15) is 0 Å². The molecule has 0 aromatic carbocycles. The van der Waals surface area contributed by atoms with Crippen molar-refractivity contribution in [2.45, 2.75) is 78.7 Å². The lowest BCUT2D eigenvalue weighted by molar-refractivity contribution is 0.418. The highest BCUT2D eigenvalue weighted by Gasteiger charge is 2.24. The number of nitrogens with two attached hydrogens (primary N) is 1. The summed E-state index contributed by atoms with van der Waals surface area (Å²) >= 11 is 0. The molecule has 2 atom stereocenters. The summed E-state index contributed by atoms with van der Waals surface area (Å²) in [5.41, 5.74) is 5.91. The average molecular weight is 310 g/mol. The lowest BCUT2D eigenvalue weighted by Crippen LogP contribution is -2.34. The molecule has 1 aromatic heterocycles. The Morgan fingerprint density at radius 1 is 1.09 bits per heavy atom. The smallest absolute Gasteiger partial charge is 0.0303 e. The van der Waals surface area contributed by atoms with Gasteiger partial charge in [-0.15, -0.1) is 0 Å². The van der Waals surface area contributed by atoms with Crippen molar-refractivity contribution in [2.75, 3.05) is 13.6 Å². The molecule has 0 saturated heterocycles. The van der Waals surface area contributed by atoms with Gasteiger partial charge in [-0.05, 0) is 38.1 Å². The standard InChI is InChI=1S/C14H22N2.2C2H6.CH5N/c1-2-16-14-9-5-3-4-8-13(14)12-7-6-10-15-11-12;3*1-2/h6-7,10-11,13-14,16H,2-5,8-9H2,1H3;2*1-2H3;2H2,1H3. The minimum atomic E-state index is 0.650. The SMILES string of the molecule is CC.CC.CCNC1CCCCCC1c1cccnc1.CN. The van der Waals surface area contributed by atoms with Gasteiger partial charge in [0.2, 0.25) is 0 Å². The van der Waals surface area contributed by atoms with Crippen LogP contribution in [0.1, 0.15) is 78.2 Å². The van der Waals surface area contributed by atoms with E-state index in [0.29, 0.717) is 12.0 Å². The lowest BCUT2D eigenvalue weighted by atomic mass is 9.88. The van der Waals surface area contributed by atoms with Crippen LogP contribution in [0, 0.1) is 0 Å². The van der Waals surface area contributed by atoms with Crippen molar-refractivity contribution in [3.8, 4) is 0 Å². The molecule has 1 fully saturated rings. The average Bonchev–Trinajstić information content (AvgIpc) is 2.87. The van der Waals surface area contributed by atoms with Gasteiger partial charge in [0.25, 0.3) is 0 Å². The Bertz CT molecular complexity index is 301. The predicted octanol–water partition coefficient (Wildman–Crippen LogP) is 4.73. The second-order valence-corrected chi connectivity index (χ2v) is 4.70. The van der Waals surface area contributed by atoms with Crippen LogP contribution in [0.3, 0.4) is 0 Å². The first kappa shape index (κ1) is 23.3. The molecule has 0 amide bonds. The summed E-state index contributed by atoms with van der Waals surface area (Å²) in [6.07, 6.45) is 10.6. The molecule has 2 rings (SSSR count). The number of likely N-dealkylation sites (N-methyl/N-ethyl adjacent to an activating group) is 1. The van der Waals surface area contributed by atoms with Crippen LogP contribution in [0.25, 0.3) is 0 Å². The minimum absolute atomic E-state index is 0.650. The fourth-order valence-electron chi connectivity index (χ4n) is 2.81. The number of nitrogens with one attached hydrogen (secondary N) is 1. The third-order valence-electron chi connectivity index (χ3n) is 3.59. The van der Waals surface area contributed by atoms with Crippen LogP contribution in [-0.2, 0) is 0 Å². The van der Waals surface area contributed by atoms with E-state index in [1.807, 2.05) is 40.1 Å².